The highest BCUT2D eigenvalue weighted by Crippen LogP contribution is 2.27. The van der Waals surface area contributed by atoms with Gasteiger partial charge in [-0.05, 0) is 25.1 Å². The van der Waals surface area contributed by atoms with Gasteiger partial charge in [-0.25, -0.2) is 0 Å². The Morgan fingerprint density at radius 2 is 2.25 bits per heavy atom. The summed E-state index contributed by atoms with van der Waals surface area (Å²) in [6, 6.07) is 6.93. The Balaban J connectivity index is 2.94. The van der Waals surface area contributed by atoms with Crippen molar-refractivity contribution in [3.05, 3.63) is 23.8 Å². The third-order valence-electron chi connectivity index (χ3n) is 1.77. The number of nitrogens with zero attached hydrogens (tertiary/aromatic N) is 2. The summed E-state index contributed by atoms with van der Waals surface area (Å²) < 4.78 is 10.5. The second-order valence-electron chi connectivity index (χ2n) is 2.83. The zero-order valence-electron chi connectivity index (χ0n) is 8.88. The molecule has 5 heteroatoms. The van der Waals surface area contributed by atoms with E-state index >= 15 is 0 Å². The molecule has 0 atom stereocenters. The molecular formula is C11H12N2O3. The van der Waals surface area contributed by atoms with Crippen LogP contribution in [0.3, 0.4) is 0 Å². The molecule has 0 aliphatic carbocycles. The van der Waals surface area contributed by atoms with Gasteiger partial charge >= 0.3 is 0 Å². The Hall–Kier alpha value is -2.22. The first-order valence-corrected chi connectivity index (χ1v) is 4.75. The highest BCUT2D eigenvalue weighted by Gasteiger charge is 2.05. The maximum atomic E-state index is 8.42. The molecule has 0 amide bonds. The standard InChI is InChI=1S/C11H12N2O3/c1-2-15-11-7-9(8-13-14)3-4-10(11)16-6-5-12/h3-4,7-8,14H,2,6H2,1H3/b13-8+. The third kappa shape index (κ3) is 3.17. The minimum absolute atomic E-state index is 0.0342. The number of nitriles is 1. The lowest BCUT2D eigenvalue weighted by molar-refractivity contribution is 0.298. The van der Waals surface area contributed by atoms with E-state index in [4.69, 9.17) is 19.9 Å². The summed E-state index contributed by atoms with van der Waals surface area (Å²) in [5, 5.41) is 19.7. The predicted molar refractivity (Wildman–Crippen MR) is 58.1 cm³/mol. The van der Waals surface area contributed by atoms with Crippen molar-refractivity contribution in [1.82, 2.24) is 0 Å². The zero-order valence-corrected chi connectivity index (χ0v) is 8.88. The molecule has 0 spiro atoms. The van der Waals surface area contributed by atoms with Crippen molar-refractivity contribution in [3.8, 4) is 17.6 Å². The Bertz CT molecular complexity index is 410. The summed E-state index contributed by atoms with van der Waals surface area (Å²) in [6.07, 6.45) is 1.29. The molecule has 84 valence electrons. The van der Waals surface area contributed by atoms with Gasteiger partial charge in [0.2, 0.25) is 0 Å². The molecule has 0 aliphatic heterocycles. The van der Waals surface area contributed by atoms with Gasteiger partial charge in [-0.15, -0.1) is 0 Å². The summed E-state index contributed by atoms with van der Waals surface area (Å²) in [5.41, 5.74) is 0.690. The van der Waals surface area contributed by atoms with Crippen LogP contribution < -0.4 is 9.47 Å². The Morgan fingerprint density at radius 3 is 2.88 bits per heavy atom. The molecule has 1 N–H and O–H groups in total. The van der Waals surface area contributed by atoms with Crippen LogP contribution in [0.4, 0.5) is 0 Å². The minimum atomic E-state index is -0.0342. The van der Waals surface area contributed by atoms with Crippen molar-refractivity contribution in [2.24, 2.45) is 5.16 Å². The van der Waals surface area contributed by atoms with E-state index in [-0.39, 0.29) is 6.61 Å². The van der Waals surface area contributed by atoms with Crippen LogP contribution in [0.2, 0.25) is 0 Å². The van der Waals surface area contributed by atoms with Crippen molar-refractivity contribution in [2.75, 3.05) is 13.2 Å². The normalized spacial score (nSPS) is 10.0. The summed E-state index contributed by atoms with van der Waals surface area (Å²) >= 11 is 0. The van der Waals surface area contributed by atoms with Crippen molar-refractivity contribution < 1.29 is 14.7 Å². The van der Waals surface area contributed by atoms with Gasteiger partial charge in [0.1, 0.15) is 6.07 Å². The maximum absolute atomic E-state index is 8.42. The van der Waals surface area contributed by atoms with Crippen molar-refractivity contribution in [2.45, 2.75) is 6.92 Å². The number of benzene rings is 1. The van der Waals surface area contributed by atoms with Crippen LogP contribution in [0.25, 0.3) is 0 Å². The first kappa shape index (κ1) is 11.9. The molecule has 0 saturated heterocycles. The zero-order chi connectivity index (χ0) is 11.8. The van der Waals surface area contributed by atoms with Gasteiger partial charge < -0.3 is 14.7 Å². The summed E-state index contributed by atoms with van der Waals surface area (Å²) in [5.74, 6) is 1.02. The average molecular weight is 220 g/mol. The Morgan fingerprint density at radius 1 is 1.44 bits per heavy atom. The Kier molecular flexibility index (Phi) is 4.67. The smallest absolute Gasteiger partial charge is 0.174 e. The van der Waals surface area contributed by atoms with Gasteiger partial charge in [0.15, 0.2) is 18.1 Å². The van der Waals surface area contributed by atoms with Crippen LogP contribution in [0, 0.1) is 11.3 Å². The first-order valence-electron chi connectivity index (χ1n) is 4.75. The molecule has 0 aliphatic rings. The molecule has 0 radical (unpaired) electrons. The molecule has 5 nitrogen and oxygen atoms in total. The van der Waals surface area contributed by atoms with Gasteiger partial charge in [-0.3, -0.25) is 0 Å². The van der Waals surface area contributed by atoms with E-state index in [1.807, 2.05) is 13.0 Å². The van der Waals surface area contributed by atoms with Crippen LogP contribution in [-0.2, 0) is 0 Å². The maximum Gasteiger partial charge on any atom is 0.174 e. The van der Waals surface area contributed by atoms with E-state index < -0.39 is 0 Å². The van der Waals surface area contributed by atoms with Crippen LogP contribution in [-0.4, -0.2) is 24.6 Å². The topological polar surface area (TPSA) is 74.8 Å². The summed E-state index contributed by atoms with van der Waals surface area (Å²) in [7, 11) is 0. The van der Waals surface area contributed by atoms with E-state index in [2.05, 4.69) is 5.16 Å². The highest BCUT2D eigenvalue weighted by molar-refractivity contribution is 5.80. The van der Waals surface area contributed by atoms with Crippen LogP contribution >= 0.6 is 0 Å². The molecular weight excluding hydrogens is 208 g/mol. The largest absolute Gasteiger partial charge is 0.490 e. The summed E-state index contributed by atoms with van der Waals surface area (Å²) in [6.45, 7) is 2.30. The number of oxime groups is 1. The Labute approximate surface area is 93.5 Å². The van der Waals surface area contributed by atoms with Gasteiger partial charge in [-0.2, -0.15) is 5.26 Å². The lowest BCUT2D eigenvalue weighted by atomic mass is 10.2. The van der Waals surface area contributed by atoms with Crippen molar-refractivity contribution in [1.29, 1.82) is 5.26 Å². The fourth-order valence-corrected chi connectivity index (χ4v) is 1.17. The van der Waals surface area contributed by atoms with E-state index in [0.29, 0.717) is 23.7 Å². The molecule has 0 aromatic heterocycles. The lowest BCUT2D eigenvalue weighted by Gasteiger charge is -2.10. The molecule has 0 fully saturated rings. The van der Waals surface area contributed by atoms with E-state index in [0.717, 1.165) is 0 Å². The first-order chi connectivity index (χ1) is 7.81. The SMILES string of the molecule is CCOc1cc(/C=N/O)ccc1OCC#N. The summed E-state index contributed by atoms with van der Waals surface area (Å²) in [4.78, 5) is 0. The molecule has 1 aromatic rings. The van der Waals surface area contributed by atoms with Crippen LogP contribution in [0.5, 0.6) is 11.5 Å². The number of hydrogen-bond donors (Lipinski definition) is 1. The molecule has 0 bridgehead atoms. The van der Waals surface area contributed by atoms with Gasteiger partial charge in [0, 0.05) is 5.56 Å². The van der Waals surface area contributed by atoms with Gasteiger partial charge in [0.05, 0.1) is 12.8 Å². The minimum Gasteiger partial charge on any atom is -0.490 e. The second kappa shape index (κ2) is 6.30. The lowest BCUT2D eigenvalue weighted by Crippen LogP contribution is -1.99. The van der Waals surface area contributed by atoms with E-state index in [9.17, 15) is 0 Å². The number of hydrogen-bond acceptors (Lipinski definition) is 5. The molecule has 1 rings (SSSR count). The molecule has 0 heterocycles. The van der Waals surface area contributed by atoms with E-state index in [1.54, 1.807) is 18.2 Å². The molecule has 0 saturated carbocycles. The van der Waals surface area contributed by atoms with Crippen molar-refractivity contribution >= 4 is 6.21 Å². The third-order valence-corrected chi connectivity index (χ3v) is 1.77. The molecule has 1 aromatic carbocycles. The fraction of sp³-hybridized carbons (Fsp3) is 0.273. The monoisotopic (exact) mass is 220 g/mol. The van der Waals surface area contributed by atoms with Crippen LogP contribution in [0.1, 0.15) is 12.5 Å². The van der Waals surface area contributed by atoms with Gasteiger partial charge in [0.25, 0.3) is 0 Å². The number of rotatable bonds is 5. The van der Waals surface area contributed by atoms with Gasteiger partial charge in [-0.1, -0.05) is 5.16 Å². The quantitative estimate of drug-likeness (QED) is 0.466. The average Bonchev–Trinajstić information content (AvgIpc) is 2.29. The fourth-order valence-electron chi connectivity index (χ4n) is 1.17. The van der Waals surface area contributed by atoms with Crippen LogP contribution in [0.15, 0.2) is 23.4 Å². The second-order valence-corrected chi connectivity index (χ2v) is 2.83. The number of ether oxygens (including phenoxy) is 2. The predicted octanol–water partition coefficient (Wildman–Crippen LogP) is 1.80. The molecule has 0 unspecified atom stereocenters. The van der Waals surface area contributed by atoms with Crippen molar-refractivity contribution in [3.63, 3.8) is 0 Å². The molecule has 16 heavy (non-hydrogen) atoms. The van der Waals surface area contributed by atoms with E-state index in [1.165, 1.54) is 6.21 Å². The highest BCUT2D eigenvalue weighted by atomic mass is 16.5.